The molecule has 0 aromatic heterocycles. The quantitative estimate of drug-likeness (QED) is 0.575. The van der Waals surface area contributed by atoms with Gasteiger partial charge in [-0.2, -0.15) is 0 Å². The molecule has 0 saturated heterocycles. The van der Waals surface area contributed by atoms with E-state index < -0.39 is 0 Å². The predicted molar refractivity (Wildman–Crippen MR) is 71.3 cm³/mol. The molecule has 0 spiro atoms. The van der Waals surface area contributed by atoms with Crippen LogP contribution in [-0.4, -0.2) is 19.0 Å². The first-order valence-electron chi connectivity index (χ1n) is 6.32. The van der Waals surface area contributed by atoms with Crippen molar-refractivity contribution in [2.45, 2.75) is 26.2 Å². The molecule has 4 heteroatoms. The summed E-state index contributed by atoms with van der Waals surface area (Å²) >= 11 is 0. The van der Waals surface area contributed by atoms with E-state index in [0.717, 1.165) is 24.3 Å². The predicted octanol–water partition coefficient (Wildman–Crippen LogP) is 2.57. The van der Waals surface area contributed by atoms with E-state index in [1.54, 1.807) is 0 Å². The van der Waals surface area contributed by atoms with Gasteiger partial charge in [0.15, 0.2) is 0 Å². The molecule has 1 saturated carbocycles. The van der Waals surface area contributed by atoms with E-state index in [9.17, 15) is 0 Å². The summed E-state index contributed by atoms with van der Waals surface area (Å²) < 4.78 is 11.1. The molecule has 3 N–H and O–H groups in total. The summed E-state index contributed by atoms with van der Waals surface area (Å²) in [4.78, 5) is 0. The Labute approximate surface area is 108 Å². The van der Waals surface area contributed by atoms with E-state index in [0.29, 0.717) is 19.6 Å². The van der Waals surface area contributed by atoms with E-state index in [4.69, 9.17) is 20.6 Å². The maximum absolute atomic E-state index is 7.35. The second kappa shape index (κ2) is 5.29. The van der Waals surface area contributed by atoms with Gasteiger partial charge in [0.1, 0.15) is 11.5 Å². The smallest absolute Gasteiger partial charge is 0.119 e. The fourth-order valence-electron chi connectivity index (χ4n) is 1.99. The molecular weight excluding hydrogens is 228 g/mol. The lowest BCUT2D eigenvalue weighted by molar-refractivity contribution is 0.238. The van der Waals surface area contributed by atoms with E-state index in [1.165, 1.54) is 0 Å². The van der Waals surface area contributed by atoms with Crippen LogP contribution in [0.3, 0.4) is 0 Å². The van der Waals surface area contributed by atoms with Crippen LogP contribution in [0, 0.1) is 10.8 Å². The third-order valence-corrected chi connectivity index (χ3v) is 3.20. The zero-order chi connectivity index (χ0) is 13.0. The van der Waals surface area contributed by atoms with Gasteiger partial charge in [0, 0.05) is 11.8 Å². The molecule has 98 valence electrons. The Hall–Kier alpha value is -1.71. The van der Waals surface area contributed by atoms with E-state index in [2.05, 4.69) is 0 Å². The molecule has 1 aromatic carbocycles. The van der Waals surface area contributed by atoms with Crippen LogP contribution in [0.25, 0.3) is 0 Å². The van der Waals surface area contributed by atoms with Gasteiger partial charge in [-0.1, -0.05) is 0 Å². The molecule has 0 amide bonds. The van der Waals surface area contributed by atoms with Crippen molar-refractivity contribution in [1.29, 1.82) is 5.41 Å². The van der Waals surface area contributed by atoms with Crippen molar-refractivity contribution in [3.05, 3.63) is 24.3 Å². The van der Waals surface area contributed by atoms with E-state index in [1.807, 2.05) is 31.2 Å². The van der Waals surface area contributed by atoms with Crippen LogP contribution in [0.2, 0.25) is 0 Å². The Morgan fingerprint density at radius 1 is 1.22 bits per heavy atom. The first-order chi connectivity index (χ1) is 8.63. The molecule has 18 heavy (non-hydrogen) atoms. The molecule has 1 aliphatic rings. The van der Waals surface area contributed by atoms with Gasteiger partial charge in [-0.05, 0) is 44.0 Å². The first kappa shape index (κ1) is 12.7. The summed E-state index contributed by atoms with van der Waals surface area (Å²) in [7, 11) is 0. The van der Waals surface area contributed by atoms with Crippen LogP contribution < -0.4 is 15.2 Å². The van der Waals surface area contributed by atoms with Gasteiger partial charge < -0.3 is 15.2 Å². The summed E-state index contributed by atoms with van der Waals surface area (Å²) in [6.45, 7) is 3.27. The van der Waals surface area contributed by atoms with Gasteiger partial charge in [-0.3, -0.25) is 5.41 Å². The number of nitrogens with one attached hydrogen (secondary N) is 1. The lowest BCUT2D eigenvalue weighted by Gasteiger charge is -2.15. The molecule has 0 aliphatic heterocycles. The summed E-state index contributed by atoms with van der Waals surface area (Å²) in [6, 6.07) is 7.64. The van der Waals surface area contributed by atoms with Crippen molar-refractivity contribution in [2.24, 2.45) is 11.1 Å². The standard InChI is InChI=1S/C14H20N2O2/c1-2-17-11-3-5-12(6-4-11)18-10-14(7-8-14)9-13(15)16/h3-6H,2,7-10H2,1H3,(H3,15,16). The molecule has 2 rings (SSSR count). The van der Waals surface area contributed by atoms with Crippen molar-refractivity contribution in [2.75, 3.05) is 13.2 Å². The number of benzene rings is 1. The molecule has 4 nitrogen and oxygen atoms in total. The van der Waals surface area contributed by atoms with Crippen molar-refractivity contribution in [3.8, 4) is 11.5 Å². The van der Waals surface area contributed by atoms with Crippen LogP contribution in [0.15, 0.2) is 24.3 Å². The highest BCUT2D eigenvalue weighted by molar-refractivity contribution is 5.78. The number of hydrogen-bond donors (Lipinski definition) is 2. The minimum absolute atomic E-state index is 0.115. The second-order valence-electron chi connectivity index (χ2n) is 4.90. The zero-order valence-electron chi connectivity index (χ0n) is 10.7. The first-order valence-corrected chi connectivity index (χ1v) is 6.32. The number of nitrogens with two attached hydrogens (primary N) is 1. The normalized spacial score (nSPS) is 16.1. The molecule has 1 aliphatic carbocycles. The highest BCUT2D eigenvalue weighted by atomic mass is 16.5. The van der Waals surface area contributed by atoms with Crippen molar-refractivity contribution in [1.82, 2.24) is 0 Å². The monoisotopic (exact) mass is 248 g/mol. The van der Waals surface area contributed by atoms with E-state index >= 15 is 0 Å². The van der Waals surface area contributed by atoms with Gasteiger partial charge in [0.25, 0.3) is 0 Å². The average molecular weight is 248 g/mol. The number of ether oxygens (including phenoxy) is 2. The average Bonchev–Trinajstić information content (AvgIpc) is 3.08. The van der Waals surface area contributed by atoms with E-state index in [-0.39, 0.29) is 11.3 Å². The van der Waals surface area contributed by atoms with Crippen LogP contribution in [0.4, 0.5) is 0 Å². The molecule has 0 radical (unpaired) electrons. The topological polar surface area (TPSA) is 68.3 Å². The second-order valence-corrected chi connectivity index (χ2v) is 4.90. The minimum atomic E-state index is 0.115. The number of hydrogen-bond acceptors (Lipinski definition) is 3. The zero-order valence-corrected chi connectivity index (χ0v) is 10.7. The van der Waals surface area contributed by atoms with Crippen molar-refractivity contribution >= 4 is 5.84 Å². The maximum Gasteiger partial charge on any atom is 0.119 e. The molecular formula is C14H20N2O2. The lowest BCUT2D eigenvalue weighted by atomic mass is 10.0. The summed E-state index contributed by atoms with van der Waals surface area (Å²) in [5.74, 6) is 1.95. The molecule has 0 atom stereocenters. The number of amidine groups is 1. The third kappa shape index (κ3) is 3.39. The van der Waals surface area contributed by atoms with Crippen LogP contribution in [-0.2, 0) is 0 Å². The SMILES string of the molecule is CCOc1ccc(OCC2(CC(=N)N)CC2)cc1. The lowest BCUT2D eigenvalue weighted by Crippen LogP contribution is -2.21. The van der Waals surface area contributed by atoms with Gasteiger partial charge in [-0.25, -0.2) is 0 Å². The van der Waals surface area contributed by atoms with Crippen LogP contribution in [0.1, 0.15) is 26.2 Å². The van der Waals surface area contributed by atoms with Crippen molar-refractivity contribution < 1.29 is 9.47 Å². The summed E-state index contributed by atoms with van der Waals surface area (Å²) in [5.41, 5.74) is 5.57. The van der Waals surface area contributed by atoms with Crippen LogP contribution >= 0.6 is 0 Å². The van der Waals surface area contributed by atoms with Gasteiger partial charge in [0.2, 0.25) is 0 Å². The molecule has 1 aromatic rings. The fourth-order valence-corrected chi connectivity index (χ4v) is 1.99. The largest absolute Gasteiger partial charge is 0.494 e. The van der Waals surface area contributed by atoms with Gasteiger partial charge in [0.05, 0.1) is 19.0 Å². The highest BCUT2D eigenvalue weighted by Crippen LogP contribution is 2.48. The summed E-state index contributed by atoms with van der Waals surface area (Å²) in [5, 5.41) is 7.35. The highest BCUT2D eigenvalue weighted by Gasteiger charge is 2.43. The van der Waals surface area contributed by atoms with Gasteiger partial charge >= 0.3 is 0 Å². The Bertz CT molecular complexity index is 410. The molecule has 0 unspecified atom stereocenters. The minimum Gasteiger partial charge on any atom is -0.494 e. The molecule has 0 heterocycles. The Morgan fingerprint density at radius 2 is 1.78 bits per heavy atom. The Kier molecular flexibility index (Phi) is 3.75. The Balaban J connectivity index is 1.85. The third-order valence-electron chi connectivity index (χ3n) is 3.20. The van der Waals surface area contributed by atoms with Crippen LogP contribution in [0.5, 0.6) is 11.5 Å². The summed E-state index contributed by atoms with van der Waals surface area (Å²) in [6.07, 6.45) is 2.84. The molecule has 0 bridgehead atoms. The van der Waals surface area contributed by atoms with Gasteiger partial charge in [-0.15, -0.1) is 0 Å². The van der Waals surface area contributed by atoms with Crippen molar-refractivity contribution in [3.63, 3.8) is 0 Å². The maximum atomic E-state index is 7.35. The molecule has 1 fully saturated rings. The fraction of sp³-hybridized carbons (Fsp3) is 0.500. The number of rotatable bonds is 7. The Morgan fingerprint density at radius 3 is 2.22 bits per heavy atom.